The van der Waals surface area contributed by atoms with Gasteiger partial charge in [-0.1, -0.05) is 42.5 Å². The Morgan fingerprint density at radius 3 is 2.59 bits per heavy atom. The highest BCUT2D eigenvalue weighted by Gasteiger charge is 2.45. The number of carbonyl (C=O) groups is 1. The van der Waals surface area contributed by atoms with Crippen LogP contribution >= 0.6 is 0 Å². The fourth-order valence-electron chi connectivity index (χ4n) is 3.92. The molecule has 2 heterocycles. The zero-order valence-electron chi connectivity index (χ0n) is 16.0. The maximum absolute atomic E-state index is 13.4. The Bertz CT molecular complexity index is 1090. The molecule has 8 heteroatoms. The third-order valence-electron chi connectivity index (χ3n) is 5.13. The van der Waals surface area contributed by atoms with Crippen molar-refractivity contribution in [3.8, 4) is 0 Å². The molecular formula is C21H20ClN2O5+. The van der Waals surface area contributed by atoms with Gasteiger partial charge < -0.3 is 0 Å². The number of ketones is 1. The van der Waals surface area contributed by atoms with Crippen molar-refractivity contribution in [1.82, 2.24) is 0 Å². The van der Waals surface area contributed by atoms with E-state index < -0.39 is 16.2 Å². The topological polar surface area (TPSA) is 103 Å². The first kappa shape index (κ1) is 19.8. The second kappa shape index (κ2) is 7.37. The number of carbonyl (C=O) groups excluding carboxylic acids is 1. The Labute approximate surface area is 170 Å². The normalized spacial score (nSPS) is 16.7. The number of hydrogen-bond donors (Lipinski definition) is 0. The van der Waals surface area contributed by atoms with Crippen LogP contribution in [0.3, 0.4) is 0 Å². The summed E-state index contributed by atoms with van der Waals surface area (Å²) in [6.07, 6.45) is 0. The van der Waals surface area contributed by atoms with E-state index in [-0.39, 0.29) is 12.3 Å². The van der Waals surface area contributed by atoms with Gasteiger partial charge in [0.2, 0.25) is 0 Å². The van der Waals surface area contributed by atoms with E-state index in [0.717, 1.165) is 27.1 Å². The van der Waals surface area contributed by atoms with Crippen molar-refractivity contribution in [3.63, 3.8) is 0 Å². The minimum Gasteiger partial charge on any atom is -0.294 e. The Hall–Kier alpha value is -2.55. The summed E-state index contributed by atoms with van der Waals surface area (Å²) in [5, 5.41) is 2.78. The van der Waals surface area contributed by atoms with Crippen LogP contribution in [0, 0.1) is 30.0 Å². The molecule has 0 saturated carbocycles. The molecule has 0 radical (unpaired) electrons. The summed E-state index contributed by atoms with van der Waals surface area (Å²) in [5.41, 5.74) is 2.29. The van der Waals surface area contributed by atoms with Crippen LogP contribution in [-0.4, -0.2) is 12.3 Å². The number of pyridine rings is 1. The van der Waals surface area contributed by atoms with E-state index in [2.05, 4.69) is 4.39 Å². The fraction of sp³-hybridized carbons (Fsp3) is 0.238. The first-order chi connectivity index (χ1) is 13.7. The second-order valence-electron chi connectivity index (χ2n) is 7.24. The average molecular weight is 416 g/mol. The van der Waals surface area contributed by atoms with Gasteiger partial charge in [-0.25, -0.2) is 4.57 Å². The molecule has 0 aliphatic carbocycles. The summed E-state index contributed by atoms with van der Waals surface area (Å²) < 4.78 is 40.2. The summed E-state index contributed by atoms with van der Waals surface area (Å²) in [7, 11) is -4.69. The quantitative estimate of drug-likeness (QED) is 0.435. The molecule has 0 bridgehead atoms. The van der Waals surface area contributed by atoms with Crippen molar-refractivity contribution < 1.29 is 38.0 Å². The van der Waals surface area contributed by atoms with E-state index in [9.17, 15) is 18.8 Å². The molecule has 2 aromatic carbocycles. The van der Waals surface area contributed by atoms with Crippen molar-refractivity contribution in [2.24, 2.45) is 5.92 Å². The van der Waals surface area contributed by atoms with Crippen LogP contribution in [0.25, 0.3) is 10.8 Å². The van der Waals surface area contributed by atoms with Crippen molar-refractivity contribution in [1.29, 1.82) is 0 Å². The van der Waals surface area contributed by atoms with Crippen LogP contribution in [0.4, 0.5) is 5.82 Å². The first-order valence-electron chi connectivity index (χ1n) is 9.14. The molecular weight excluding hydrogens is 396 g/mol. The van der Waals surface area contributed by atoms with Gasteiger partial charge in [0, 0.05) is 16.7 Å². The van der Waals surface area contributed by atoms with Gasteiger partial charge >= 0.3 is 5.82 Å². The van der Waals surface area contributed by atoms with E-state index in [1.807, 2.05) is 56.3 Å². The molecule has 0 fully saturated rings. The zero-order chi connectivity index (χ0) is 20.8. The summed E-state index contributed by atoms with van der Waals surface area (Å²) in [4.78, 5) is 13.4. The van der Waals surface area contributed by atoms with Gasteiger partial charge in [0.25, 0.3) is 4.39 Å². The molecule has 29 heavy (non-hydrogen) atoms. The molecule has 1 aliphatic rings. The molecule has 0 saturated heterocycles. The number of halogens is 1. The van der Waals surface area contributed by atoms with Crippen molar-refractivity contribution >= 4 is 22.4 Å². The van der Waals surface area contributed by atoms with E-state index >= 15 is 0 Å². The summed E-state index contributed by atoms with van der Waals surface area (Å²) in [6, 6.07) is 16.8. The lowest BCUT2D eigenvalue weighted by Gasteiger charge is -2.26. The molecule has 0 spiro atoms. The van der Waals surface area contributed by atoms with E-state index in [0.29, 0.717) is 17.9 Å². The average Bonchev–Trinajstić information content (AvgIpc) is 2.66. The smallest absolute Gasteiger partial charge is 0.294 e. The van der Waals surface area contributed by atoms with Crippen LogP contribution in [0.15, 0.2) is 54.6 Å². The predicted octanol–water partition coefficient (Wildman–Crippen LogP) is -0.108. The maximum atomic E-state index is 13.4. The van der Waals surface area contributed by atoms with Gasteiger partial charge in [-0.3, -0.25) is 4.79 Å². The van der Waals surface area contributed by atoms with Crippen LogP contribution < -0.4 is 23.6 Å². The van der Waals surface area contributed by atoms with E-state index in [4.69, 9.17) is 0 Å². The van der Waals surface area contributed by atoms with Crippen LogP contribution in [-0.2, 0) is 10.9 Å². The number of hydroxylamine groups is 1. The van der Waals surface area contributed by atoms with Gasteiger partial charge in [0.1, 0.15) is 34.9 Å². The molecule has 150 valence electrons. The highest BCUT2D eigenvalue weighted by Crippen LogP contribution is 2.27. The molecule has 1 aliphatic heterocycles. The Morgan fingerprint density at radius 1 is 1.10 bits per heavy atom. The lowest BCUT2D eigenvalue weighted by molar-refractivity contribution is -1.92. The molecule has 7 nitrogen and oxygen atoms in total. The SMILES string of the molecule is Cc1cc(C)[n+]2c(c1)N(O[Cl+3]([O-])([O-])[O-])CC(C(=O)c1cccc3ccccc13)C2. The number of nitrogens with zero attached hydrogens (tertiary/aromatic N) is 2. The maximum Gasteiger partial charge on any atom is 0.322 e. The van der Waals surface area contributed by atoms with Gasteiger partial charge in [0.15, 0.2) is 5.78 Å². The molecule has 0 amide bonds. The van der Waals surface area contributed by atoms with Gasteiger partial charge in [-0.05, 0) is 36.2 Å². The molecule has 3 aromatic rings. The highest BCUT2D eigenvalue weighted by atomic mass is 35.7. The molecule has 0 N–H and O–H groups in total. The lowest BCUT2D eigenvalue weighted by atomic mass is 9.92. The molecule has 1 unspecified atom stereocenters. The number of benzene rings is 2. The number of hydrogen-bond acceptors (Lipinski definition) is 6. The van der Waals surface area contributed by atoms with E-state index in [1.54, 1.807) is 16.7 Å². The van der Waals surface area contributed by atoms with Gasteiger partial charge in [-0.15, -0.1) is 0 Å². The summed E-state index contributed by atoms with van der Waals surface area (Å²) in [5.74, 6) is -0.290. The first-order valence-corrected chi connectivity index (χ1v) is 10.4. The highest BCUT2D eigenvalue weighted by molar-refractivity contribution is 6.09. The number of fused-ring (bicyclic) bond motifs is 2. The number of rotatable bonds is 4. The minimum atomic E-state index is -4.69. The zero-order valence-corrected chi connectivity index (χ0v) is 16.8. The summed E-state index contributed by atoms with van der Waals surface area (Å²) in [6.45, 7) is 4.05. The summed E-state index contributed by atoms with van der Waals surface area (Å²) >= 11 is 0. The number of Topliss-reactive ketones (excluding diaryl/α,β-unsaturated/α-hetero) is 1. The second-order valence-corrected chi connectivity index (χ2v) is 8.13. The Balaban J connectivity index is 1.76. The van der Waals surface area contributed by atoms with Crippen molar-refractivity contribution in [3.05, 3.63) is 71.4 Å². The third kappa shape index (κ3) is 3.96. The number of anilines is 1. The Kier molecular flexibility index (Phi) is 5.02. The van der Waals surface area contributed by atoms with Crippen molar-refractivity contribution in [2.75, 3.05) is 11.6 Å². The van der Waals surface area contributed by atoms with E-state index in [1.165, 1.54) is 0 Å². The van der Waals surface area contributed by atoms with Gasteiger partial charge in [0.05, 0.1) is 0 Å². The third-order valence-corrected chi connectivity index (χ3v) is 5.47. The van der Waals surface area contributed by atoms with Crippen molar-refractivity contribution in [2.45, 2.75) is 20.4 Å². The number of aryl methyl sites for hydroxylation is 2. The predicted molar refractivity (Wildman–Crippen MR) is 96.3 cm³/mol. The molecule has 1 aromatic heterocycles. The van der Waals surface area contributed by atoms with Crippen LogP contribution in [0.5, 0.6) is 0 Å². The van der Waals surface area contributed by atoms with Crippen LogP contribution in [0.1, 0.15) is 21.6 Å². The largest absolute Gasteiger partial charge is 0.322 e. The fourth-order valence-corrected chi connectivity index (χ4v) is 4.25. The molecule has 4 rings (SSSR count). The standard InChI is InChI=1S/C21H20ClN2O5/c1-14-10-15(2)23-12-17(13-24(20(23)11-14)29-22(26,27)28)21(25)19-9-5-7-16-6-3-4-8-18(16)19/h3-11,17H,12-13H2,1-2H3/q+1. The monoisotopic (exact) mass is 415 g/mol. The van der Waals surface area contributed by atoms with Gasteiger partial charge in [-0.2, -0.15) is 14.0 Å². The molecule has 1 atom stereocenters. The minimum absolute atomic E-state index is 0.0422. The Morgan fingerprint density at radius 2 is 1.83 bits per heavy atom. The van der Waals surface area contributed by atoms with Crippen LogP contribution in [0.2, 0.25) is 0 Å². The number of aromatic nitrogens is 1. The lowest BCUT2D eigenvalue weighted by Crippen LogP contribution is -2.66.